The predicted molar refractivity (Wildman–Crippen MR) is 75.6 cm³/mol. The van der Waals surface area contributed by atoms with Crippen molar-refractivity contribution in [3.63, 3.8) is 0 Å². The first-order valence-corrected chi connectivity index (χ1v) is 7.10. The summed E-state index contributed by atoms with van der Waals surface area (Å²) in [6.45, 7) is 0.0162. The maximum Gasteiger partial charge on any atom is 0.401 e. The highest BCUT2D eigenvalue weighted by Gasteiger charge is 2.32. The number of alkyl halides is 3. The third-order valence-corrected chi connectivity index (χ3v) is 4.12. The lowest BCUT2D eigenvalue weighted by molar-refractivity contribution is -0.147. The lowest BCUT2D eigenvalue weighted by atomic mass is 10.0. The van der Waals surface area contributed by atoms with E-state index < -0.39 is 12.7 Å². The third kappa shape index (κ3) is 4.43. The fraction of sp³-hybridized carbons (Fsp3) is 0.538. The van der Waals surface area contributed by atoms with Gasteiger partial charge in [-0.1, -0.05) is 29.3 Å². The molecule has 0 atom stereocenters. The van der Waals surface area contributed by atoms with Crippen molar-refractivity contribution in [2.75, 3.05) is 25.0 Å². The molecule has 1 heterocycles. The molecule has 1 saturated heterocycles. The Bertz CT molecular complexity index is 457. The number of likely N-dealkylation sites (tertiary alicyclic amines) is 1. The molecule has 2 rings (SSSR count). The van der Waals surface area contributed by atoms with E-state index in [2.05, 4.69) is 5.32 Å². The van der Waals surface area contributed by atoms with E-state index in [0.29, 0.717) is 36.0 Å². The van der Waals surface area contributed by atoms with Gasteiger partial charge in [0.1, 0.15) is 0 Å². The number of anilines is 1. The van der Waals surface area contributed by atoms with Gasteiger partial charge in [0.05, 0.1) is 22.3 Å². The molecule has 1 aliphatic rings. The molecule has 0 spiro atoms. The number of rotatable bonds is 3. The van der Waals surface area contributed by atoms with Crippen molar-refractivity contribution in [1.82, 2.24) is 4.90 Å². The summed E-state index contributed by atoms with van der Waals surface area (Å²) in [5, 5.41) is 4.16. The zero-order valence-electron chi connectivity index (χ0n) is 10.7. The molecule has 7 heteroatoms. The molecule has 0 unspecified atom stereocenters. The Balaban J connectivity index is 1.87. The number of halogens is 5. The van der Waals surface area contributed by atoms with Gasteiger partial charge in [-0.2, -0.15) is 13.2 Å². The molecule has 0 amide bonds. The molecule has 20 heavy (non-hydrogen) atoms. The minimum absolute atomic E-state index is 0.121. The second kappa shape index (κ2) is 6.41. The topological polar surface area (TPSA) is 15.3 Å². The lowest BCUT2D eigenvalue weighted by Gasteiger charge is -2.33. The van der Waals surface area contributed by atoms with Crippen molar-refractivity contribution in [2.45, 2.75) is 25.1 Å². The van der Waals surface area contributed by atoms with Crippen molar-refractivity contribution in [1.29, 1.82) is 0 Å². The Morgan fingerprint density at radius 1 is 1.20 bits per heavy atom. The highest BCUT2D eigenvalue weighted by molar-refractivity contribution is 6.43. The van der Waals surface area contributed by atoms with Gasteiger partial charge in [-0.15, -0.1) is 0 Å². The molecule has 0 bridgehead atoms. The van der Waals surface area contributed by atoms with Crippen LogP contribution in [0.1, 0.15) is 12.8 Å². The molecule has 0 radical (unpaired) electrons. The average Bonchev–Trinajstić information content (AvgIpc) is 2.35. The normalized spacial score (nSPS) is 18.2. The van der Waals surface area contributed by atoms with Crippen LogP contribution in [0, 0.1) is 0 Å². The largest absolute Gasteiger partial charge is 0.401 e. The van der Waals surface area contributed by atoms with Gasteiger partial charge in [-0.25, -0.2) is 0 Å². The Labute approximate surface area is 125 Å². The number of nitrogens with zero attached hydrogens (tertiary/aromatic N) is 1. The highest BCUT2D eigenvalue weighted by atomic mass is 35.5. The minimum Gasteiger partial charge on any atom is -0.381 e. The number of benzene rings is 1. The predicted octanol–water partition coefficient (Wildman–Crippen LogP) is 4.43. The average molecular weight is 327 g/mol. The molecule has 1 fully saturated rings. The molecule has 0 aliphatic carbocycles. The van der Waals surface area contributed by atoms with Crippen LogP contribution in [-0.2, 0) is 0 Å². The van der Waals surface area contributed by atoms with Crippen LogP contribution in [0.3, 0.4) is 0 Å². The van der Waals surface area contributed by atoms with Gasteiger partial charge in [-0.3, -0.25) is 4.90 Å². The summed E-state index contributed by atoms with van der Waals surface area (Å²) in [5.74, 6) is 0. The van der Waals surface area contributed by atoms with Gasteiger partial charge in [0.25, 0.3) is 0 Å². The summed E-state index contributed by atoms with van der Waals surface area (Å²) in [6.07, 6.45) is -2.83. The molecule has 1 aromatic rings. The summed E-state index contributed by atoms with van der Waals surface area (Å²) in [4.78, 5) is 1.43. The van der Waals surface area contributed by atoms with E-state index >= 15 is 0 Å². The second-order valence-corrected chi connectivity index (χ2v) is 5.70. The Morgan fingerprint density at radius 2 is 1.85 bits per heavy atom. The number of piperidine rings is 1. The Kier molecular flexibility index (Phi) is 5.04. The van der Waals surface area contributed by atoms with E-state index in [-0.39, 0.29) is 6.04 Å². The van der Waals surface area contributed by atoms with Gasteiger partial charge in [-0.05, 0) is 25.0 Å². The SMILES string of the molecule is FC(F)(F)CN1CCC(Nc2cccc(Cl)c2Cl)CC1. The summed E-state index contributed by atoms with van der Waals surface area (Å²) in [7, 11) is 0. The van der Waals surface area contributed by atoms with E-state index in [9.17, 15) is 13.2 Å². The van der Waals surface area contributed by atoms with Crippen LogP contribution in [-0.4, -0.2) is 36.8 Å². The van der Waals surface area contributed by atoms with Crippen molar-refractivity contribution < 1.29 is 13.2 Å². The molecule has 1 aliphatic heterocycles. The monoisotopic (exact) mass is 326 g/mol. The van der Waals surface area contributed by atoms with Crippen molar-refractivity contribution in [3.8, 4) is 0 Å². The van der Waals surface area contributed by atoms with Gasteiger partial charge < -0.3 is 5.32 Å². The van der Waals surface area contributed by atoms with Crippen LogP contribution in [0.5, 0.6) is 0 Å². The summed E-state index contributed by atoms with van der Waals surface area (Å²) < 4.78 is 36.9. The van der Waals surface area contributed by atoms with E-state index in [4.69, 9.17) is 23.2 Å². The quantitative estimate of drug-likeness (QED) is 0.883. The maximum atomic E-state index is 12.3. The van der Waals surface area contributed by atoms with Crippen molar-refractivity contribution in [2.24, 2.45) is 0 Å². The first kappa shape index (κ1) is 15.7. The molecule has 2 nitrogen and oxygen atoms in total. The van der Waals surface area contributed by atoms with Crippen molar-refractivity contribution >= 4 is 28.9 Å². The molecular formula is C13H15Cl2F3N2. The van der Waals surface area contributed by atoms with Crippen LogP contribution < -0.4 is 5.32 Å². The minimum atomic E-state index is -4.13. The molecule has 0 saturated carbocycles. The molecule has 0 aromatic heterocycles. The number of hydrogen-bond donors (Lipinski definition) is 1. The zero-order chi connectivity index (χ0) is 14.8. The summed E-state index contributed by atoms with van der Waals surface area (Å²) in [5.41, 5.74) is 0.730. The lowest BCUT2D eigenvalue weighted by Crippen LogP contribution is -2.43. The van der Waals surface area contributed by atoms with E-state index in [1.165, 1.54) is 4.90 Å². The highest BCUT2D eigenvalue weighted by Crippen LogP contribution is 2.31. The van der Waals surface area contributed by atoms with Gasteiger partial charge >= 0.3 is 6.18 Å². The first-order valence-electron chi connectivity index (χ1n) is 6.35. The number of nitrogens with one attached hydrogen (secondary N) is 1. The van der Waals surface area contributed by atoms with E-state index in [1.54, 1.807) is 12.1 Å². The zero-order valence-corrected chi connectivity index (χ0v) is 12.2. The number of hydrogen-bond acceptors (Lipinski definition) is 2. The van der Waals surface area contributed by atoms with Crippen molar-refractivity contribution in [3.05, 3.63) is 28.2 Å². The molecular weight excluding hydrogens is 312 g/mol. The van der Waals surface area contributed by atoms with Gasteiger partial charge in [0.2, 0.25) is 0 Å². The fourth-order valence-corrected chi connectivity index (χ4v) is 2.68. The molecule has 112 valence electrons. The van der Waals surface area contributed by atoms with Crippen LogP contribution in [0.25, 0.3) is 0 Å². The van der Waals surface area contributed by atoms with Crippen LogP contribution in [0.15, 0.2) is 18.2 Å². The second-order valence-electron chi connectivity index (χ2n) is 4.91. The summed E-state index contributed by atoms with van der Waals surface area (Å²) >= 11 is 12.0. The van der Waals surface area contributed by atoms with Gasteiger partial charge in [0, 0.05) is 19.1 Å². The van der Waals surface area contributed by atoms with E-state index in [0.717, 1.165) is 5.69 Å². The third-order valence-electron chi connectivity index (χ3n) is 3.30. The smallest absolute Gasteiger partial charge is 0.381 e. The van der Waals surface area contributed by atoms with Crippen LogP contribution >= 0.6 is 23.2 Å². The first-order chi connectivity index (χ1) is 9.35. The Morgan fingerprint density at radius 3 is 2.45 bits per heavy atom. The van der Waals surface area contributed by atoms with E-state index in [1.807, 2.05) is 6.07 Å². The molecule has 1 aromatic carbocycles. The van der Waals surface area contributed by atoms with Crippen LogP contribution in [0.4, 0.5) is 18.9 Å². The fourth-order valence-electron chi connectivity index (χ4n) is 2.32. The maximum absolute atomic E-state index is 12.3. The standard InChI is InChI=1S/C13H15Cl2F3N2/c14-10-2-1-3-11(12(10)15)19-9-4-6-20(7-5-9)8-13(16,17)18/h1-3,9,19H,4-8H2. The van der Waals surface area contributed by atoms with Crippen LogP contribution in [0.2, 0.25) is 10.0 Å². The Hall–Kier alpha value is -0.650. The molecule has 1 N–H and O–H groups in total. The van der Waals surface area contributed by atoms with Gasteiger partial charge in [0.15, 0.2) is 0 Å². The summed E-state index contributed by atoms with van der Waals surface area (Å²) in [6, 6.07) is 5.42.